The van der Waals surface area contributed by atoms with E-state index < -0.39 is 5.79 Å². The summed E-state index contributed by atoms with van der Waals surface area (Å²) in [4.78, 5) is 11.8. The molecule has 3 aliphatic rings. The molecule has 1 fully saturated rings. The molecule has 1 saturated heterocycles. The summed E-state index contributed by atoms with van der Waals surface area (Å²) in [7, 11) is 0. The molecule has 0 radical (unpaired) electrons. The highest BCUT2D eigenvalue weighted by Gasteiger charge is 2.60. The predicted molar refractivity (Wildman–Crippen MR) is 81.7 cm³/mol. The molecule has 0 N–H and O–H groups in total. The van der Waals surface area contributed by atoms with Gasteiger partial charge in [-0.2, -0.15) is 0 Å². The lowest BCUT2D eigenvalue weighted by Crippen LogP contribution is -2.31. The van der Waals surface area contributed by atoms with Crippen LogP contribution < -0.4 is 0 Å². The van der Waals surface area contributed by atoms with Crippen LogP contribution in [0.1, 0.15) is 43.4 Å². The predicted octanol–water partition coefficient (Wildman–Crippen LogP) is 3.30. The Bertz CT molecular complexity index is 726. The second-order valence-electron chi connectivity index (χ2n) is 6.65. The molecule has 4 rings (SSSR count). The van der Waals surface area contributed by atoms with Gasteiger partial charge >= 0.3 is 5.97 Å². The number of hydrogen-bond donors (Lipinski definition) is 0. The lowest BCUT2D eigenvalue weighted by Gasteiger charge is -2.37. The maximum Gasteiger partial charge on any atom is 0.336 e. The highest BCUT2D eigenvalue weighted by molar-refractivity contribution is 5.90. The molecule has 1 aliphatic carbocycles. The van der Waals surface area contributed by atoms with Gasteiger partial charge in [0.25, 0.3) is 0 Å². The third-order valence-electron chi connectivity index (χ3n) is 5.18. The van der Waals surface area contributed by atoms with E-state index in [2.05, 4.69) is 24.1 Å². The van der Waals surface area contributed by atoms with Gasteiger partial charge in [-0.1, -0.05) is 24.3 Å². The van der Waals surface area contributed by atoms with Crippen LogP contribution in [0.25, 0.3) is 0 Å². The Kier molecular flexibility index (Phi) is 2.76. The smallest absolute Gasteiger partial charge is 0.336 e. The van der Waals surface area contributed by atoms with Gasteiger partial charge < -0.3 is 9.47 Å². The normalized spacial score (nSPS) is 35.5. The zero-order chi connectivity index (χ0) is 15.4. The van der Waals surface area contributed by atoms with Gasteiger partial charge in [-0.15, -0.1) is 12.3 Å². The Balaban J connectivity index is 1.80. The number of aryl methyl sites for hydroxylation is 1. The highest BCUT2D eigenvalue weighted by atomic mass is 16.7. The van der Waals surface area contributed by atoms with Crippen LogP contribution in [-0.4, -0.2) is 11.8 Å². The molecule has 0 aromatic heterocycles. The Morgan fingerprint density at radius 1 is 1.41 bits per heavy atom. The molecule has 2 aliphatic heterocycles. The number of carbonyl (C=O) groups excluding carboxylic acids is 1. The summed E-state index contributed by atoms with van der Waals surface area (Å²) in [6.07, 6.45) is 10.6. The van der Waals surface area contributed by atoms with Gasteiger partial charge in [-0.05, 0) is 37.0 Å². The van der Waals surface area contributed by atoms with Crippen molar-refractivity contribution < 1.29 is 14.3 Å². The Morgan fingerprint density at radius 2 is 2.23 bits per heavy atom. The minimum atomic E-state index is -0.930. The molecule has 22 heavy (non-hydrogen) atoms. The summed E-state index contributed by atoms with van der Waals surface area (Å²) in [6, 6.07) is 8.33. The number of rotatable bonds is 1. The monoisotopic (exact) mass is 294 g/mol. The fraction of sp³-hybridized carbons (Fsp3) is 0.421. The Hall–Kier alpha value is -2.05. The first kappa shape index (κ1) is 13.6. The Morgan fingerprint density at radius 3 is 2.95 bits per heavy atom. The maximum absolute atomic E-state index is 11.8. The topological polar surface area (TPSA) is 35.5 Å². The molecule has 3 atom stereocenters. The molecule has 2 heterocycles. The van der Waals surface area contributed by atoms with Crippen molar-refractivity contribution in [1.29, 1.82) is 0 Å². The fourth-order valence-corrected chi connectivity index (χ4v) is 4.21. The standard InChI is InChI=1S/C19H18O3/c1-3-9-18-10-8-14-6-4-5-7-15(14)16(18)21-19(12-18)11-13(2)17(20)22-19/h1,4-7,11,16H,8-10,12H2,2H3. The Labute approximate surface area is 130 Å². The molecule has 0 amide bonds. The van der Waals surface area contributed by atoms with E-state index in [1.54, 1.807) is 6.92 Å². The van der Waals surface area contributed by atoms with Crippen LogP contribution in [0.4, 0.5) is 0 Å². The number of ether oxygens (including phenoxy) is 2. The quantitative estimate of drug-likeness (QED) is 0.589. The summed E-state index contributed by atoms with van der Waals surface area (Å²) in [5.74, 6) is 1.60. The van der Waals surface area contributed by atoms with E-state index in [4.69, 9.17) is 15.9 Å². The molecule has 1 spiro atoms. The SMILES string of the molecule is C#CCC12CCc3ccccc3C1OC1(C=C(C)C(=O)O1)C2. The van der Waals surface area contributed by atoms with E-state index in [0.717, 1.165) is 12.8 Å². The van der Waals surface area contributed by atoms with Crippen molar-refractivity contribution in [2.24, 2.45) is 5.41 Å². The van der Waals surface area contributed by atoms with Crippen molar-refractivity contribution in [3.63, 3.8) is 0 Å². The minimum absolute atomic E-state index is 0.108. The highest BCUT2D eigenvalue weighted by Crippen LogP contribution is 2.61. The average molecular weight is 294 g/mol. The zero-order valence-corrected chi connectivity index (χ0v) is 12.6. The number of terminal acetylenes is 1. The first-order valence-corrected chi connectivity index (χ1v) is 7.69. The minimum Gasteiger partial charge on any atom is -0.426 e. The van der Waals surface area contributed by atoms with Crippen molar-refractivity contribution in [3.05, 3.63) is 47.0 Å². The van der Waals surface area contributed by atoms with E-state index in [-0.39, 0.29) is 17.5 Å². The molecule has 3 heteroatoms. The van der Waals surface area contributed by atoms with Gasteiger partial charge in [-0.25, -0.2) is 4.79 Å². The molecule has 0 bridgehead atoms. The molecular formula is C19H18O3. The number of carbonyl (C=O) groups is 1. The molecule has 3 unspecified atom stereocenters. The second-order valence-corrected chi connectivity index (χ2v) is 6.65. The van der Waals surface area contributed by atoms with Gasteiger partial charge in [0.2, 0.25) is 5.79 Å². The van der Waals surface area contributed by atoms with Crippen molar-refractivity contribution >= 4 is 5.97 Å². The van der Waals surface area contributed by atoms with Gasteiger partial charge in [0.1, 0.15) is 0 Å². The van der Waals surface area contributed by atoms with Crippen LogP contribution in [0.5, 0.6) is 0 Å². The van der Waals surface area contributed by atoms with Gasteiger partial charge in [0.05, 0.1) is 6.10 Å². The lowest BCUT2D eigenvalue weighted by atomic mass is 9.66. The third-order valence-corrected chi connectivity index (χ3v) is 5.18. The van der Waals surface area contributed by atoms with Gasteiger partial charge in [-0.3, -0.25) is 0 Å². The number of benzene rings is 1. The number of esters is 1. The van der Waals surface area contributed by atoms with Crippen molar-refractivity contribution in [2.75, 3.05) is 0 Å². The molecule has 1 aromatic rings. The number of hydrogen-bond acceptors (Lipinski definition) is 3. The van der Waals surface area contributed by atoms with Crippen LogP contribution in [0.15, 0.2) is 35.9 Å². The van der Waals surface area contributed by atoms with E-state index in [0.29, 0.717) is 18.4 Å². The summed E-state index contributed by atoms with van der Waals surface area (Å²) in [6.45, 7) is 1.77. The summed E-state index contributed by atoms with van der Waals surface area (Å²) in [5, 5.41) is 0. The van der Waals surface area contributed by atoms with Crippen molar-refractivity contribution in [3.8, 4) is 12.3 Å². The molecular weight excluding hydrogens is 276 g/mol. The van der Waals surface area contributed by atoms with Crippen LogP contribution >= 0.6 is 0 Å². The van der Waals surface area contributed by atoms with Crippen LogP contribution in [-0.2, 0) is 20.7 Å². The van der Waals surface area contributed by atoms with Crippen molar-refractivity contribution in [2.45, 2.75) is 44.5 Å². The van der Waals surface area contributed by atoms with Crippen LogP contribution in [0.3, 0.4) is 0 Å². The second kappa shape index (κ2) is 4.47. The molecule has 1 aromatic carbocycles. The van der Waals surface area contributed by atoms with Crippen LogP contribution in [0, 0.1) is 17.8 Å². The summed E-state index contributed by atoms with van der Waals surface area (Å²) >= 11 is 0. The molecule has 112 valence electrons. The van der Waals surface area contributed by atoms with E-state index in [1.807, 2.05) is 12.1 Å². The summed E-state index contributed by atoms with van der Waals surface area (Å²) < 4.78 is 11.9. The average Bonchev–Trinajstić information content (AvgIpc) is 2.95. The van der Waals surface area contributed by atoms with Gasteiger partial charge in [0, 0.05) is 23.8 Å². The van der Waals surface area contributed by atoms with Crippen LogP contribution in [0.2, 0.25) is 0 Å². The fourth-order valence-electron chi connectivity index (χ4n) is 4.21. The largest absolute Gasteiger partial charge is 0.426 e. The zero-order valence-electron chi connectivity index (χ0n) is 12.6. The van der Waals surface area contributed by atoms with Crippen molar-refractivity contribution in [1.82, 2.24) is 0 Å². The van der Waals surface area contributed by atoms with Gasteiger partial charge in [0.15, 0.2) is 0 Å². The molecule has 3 nitrogen and oxygen atoms in total. The third kappa shape index (κ3) is 1.77. The lowest BCUT2D eigenvalue weighted by molar-refractivity contribution is -0.193. The number of fused-ring (bicyclic) bond motifs is 3. The van der Waals surface area contributed by atoms with E-state index in [1.165, 1.54) is 11.1 Å². The molecule has 0 saturated carbocycles. The summed E-state index contributed by atoms with van der Waals surface area (Å²) in [5.41, 5.74) is 2.96. The first-order chi connectivity index (χ1) is 10.6. The first-order valence-electron chi connectivity index (χ1n) is 7.69. The van der Waals surface area contributed by atoms with E-state index in [9.17, 15) is 4.79 Å². The van der Waals surface area contributed by atoms with E-state index >= 15 is 0 Å². The maximum atomic E-state index is 11.8.